The Morgan fingerprint density at radius 2 is 2.07 bits per heavy atom. The third-order valence-electron chi connectivity index (χ3n) is 5.48. The van der Waals surface area contributed by atoms with Crippen LogP contribution in [0, 0.1) is 6.92 Å². The lowest BCUT2D eigenvalue weighted by atomic mass is 10.0. The fourth-order valence-electron chi connectivity index (χ4n) is 3.92. The second kappa shape index (κ2) is 8.54. The number of ether oxygens (including phenoxy) is 1. The number of thiophene rings is 1. The fraction of sp³-hybridized carbons (Fsp3) is 0.600. The van der Waals surface area contributed by atoms with E-state index in [1.807, 2.05) is 23.6 Å². The van der Waals surface area contributed by atoms with Crippen molar-refractivity contribution in [1.82, 2.24) is 14.9 Å². The van der Waals surface area contributed by atoms with Gasteiger partial charge in [0.1, 0.15) is 5.82 Å². The molecule has 1 unspecified atom stereocenters. The Morgan fingerprint density at radius 3 is 2.85 bits per heavy atom. The van der Waals surface area contributed by atoms with Crippen LogP contribution in [0.25, 0.3) is 0 Å². The number of nitrogens with zero attached hydrogens (tertiary/aromatic N) is 5. The number of hydrogen-bond acceptors (Lipinski definition) is 7. The molecule has 0 spiro atoms. The maximum absolute atomic E-state index is 5.46. The summed E-state index contributed by atoms with van der Waals surface area (Å²) in [7, 11) is 2.14. The van der Waals surface area contributed by atoms with Gasteiger partial charge in [-0.1, -0.05) is 0 Å². The van der Waals surface area contributed by atoms with Gasteiger partial charge in [-0.3, -0.25) is 4.90 Å². The molecule has 4 heterocycles. The molecular formula is C20H29N5OS. The van der Waals surface area contributed by atoms with Crippen molar-refractivity contribution in [3.8, 4) is 0 Å². The fourth-order valence-corrected chi connectivity index (χ4v) is 4.86. The van der Waals surface area contributed by atoms with Gasteiger partial charge in [-0.15, -0.1) is 11.3 Å². The molecule has 0 aromatic carbocycles. The summed E-state index contributed by atoms with van der Waals surface area (Å²) >= 11 is 1.91. The van der Waals surface area contributed by atoms with Gasteiger partial charge in [-0.25, -0.2) is 4.98 Å². The average Bonchev–Trinajstić information content (AvgIpc) is 3.13. The van der Waals surface area contributed by atoms with Crippen LogP contribution in [0.4, 0.5) is 11.8 Å². The van der Waals surface area contributed by atoms with Crippen molar-refractivity contribution in [2.24, 2.45) is 0 Å². The molecule has 0 amide bonds. The minimum atomic E-state index is 0.458. The van der Waals surface area contributed by atoms with E-state index in [9.17, 15) is 0 Å². The van der Waals surface area contributed by atoms with E-state index >= 15 is 0 Å². The normalized spacial score (nSPS) is 21.4. The van der Waals surface area contributed by atoms with Crippen LogP contribution in [0.15, 0.2) is 24.4 Å². The van der Waals surface area contributed by atoms with Crippen LogP contribution in [0.2, 0.25) is 0 Å². The van der Waals surface area contributed by atoms with E-state index in [1.54, 1.807) is 0 Å². The number of aryl methyl sites for hydroxylation is 1. The molecule has 7 heteroatoms. The molecule has 0 N–H and O–H groups in total. The van der Waals surface area contributed by atoms with Gasteiger partial charge < -0.3 is 14.5 Å². The molecule has 2 aromatic rings. The maximum atomic E-state index is 5.46. The molecule has 2 saturated heterocycles. The number of likely N-dealkylation sites (tertiary alicyclic amines) is 1. The monoisotopic (exact) mass is 387 g/mol. The van der Waals surface area contributed by atoms with Crippen LogP contribution < -0.4 is 9.80 Å². The summed E-state index contributed by atoms with van der Waals surface area (Å²) in [6.45, 7) is 8.82. The number of morpholine rings is 1. The smallest absolute Gasteiger partial charge is 0.227 e. The van der Waals surface area contributed by atoms with E-state index in [0.717, 1.165) is 51.2 Å². The standard InChI is InChI=1S/C20H29N5OS/c1-16-5-6-18(27-16)15-24-9-3-4-17(14-24)23(2)20-21-8-7-19(22-20)25-10-12-26-13-11-25/h5-8,17H,3-4,9-15H2,1-2H3. The van der Waals surface area contributed by atoms with E-state index in [-0.39, 0.29) is 0 Å². The summed E-state index contributed by atoms with van der Waals surface area (Å²) in [5.74, 6) is 1.84. The molecule has 6 nitrogen and oxygen atoms in total. The zero-order valence-electron chi connectivity index (χ0n) is 16.3. The summed E-state index contributed by atoms with van der Waals surface area (Å²) in [4.78, 5) is 19.4. The van der Waals surface area contributed by atoms with Crippen LogP contribution in [-0.4, -0.2) is 67.4 Å². The predicted octanol–water partition coefficient (Wildman–Crippen LogP) is 2.78. The van der Waals surface area contributed by atoms with Gasteiger partial charge in [0.15, 0.2) is 0 Å². The molecule has 0 saturated carbocycles. The summed E-state index contributed by atoms with van der Waals surface area (Å²) in [5.41, 5.74) is 0. The molecule has 0 radical (unpaired) electrons. The molecule has 2 aliphatic heterocycles. The molecule has 2 fully saturated rings. The minimum Gasteiger partial charge on any atom is -0.378 e. The van der Waals surface area contributed by atoms with Gasteiger partial charge in [0.25, 0.3) is 0 Å². The van der Waals surface area contributed by atoms with Gasteiger partial charge in [0.05, 0.1) is 13.2 Å². The largest absolute Gasteiger partial charge is 0.378 e. The summed E-state index contributed by atoms with van der Waals surface area (Å²) < 4.78 is 5.46. The number of rotatable bonds is 5. The Kier molecular flexibility index (Phi) is 5.90. The number of anilines is 2. The van der Waals surface area contributed by atoms with Crippen molar-refractivity contribution < 1.29 is 4.74 Å². The number of piperidine rings is 1. The van der Waals surface area contributed by atoms with Crippen molar-refractivity contribution in [3.05, 3.63) is 34.2 Å². The van der Waals surface area contributed by atoms with E-state index in [4.69, 9.17) is 9.72 Å². The first-order chi connectivity index (χ1) is 13.2. The van der Waals surface area contributed by atoms with Crippen LogP contribution in [0.3, 0.4) is 0 Å². The first-order valence-electron chi connectivity index (χ1n) is 9.85. The van der Waals surface area contributed by atoms with Gasteiger partial charge in [-0.2, -0.15) is 4.98 Å². The van der Waals surface area contributed by atoms with E-state index in [0.29, 0.717) is 6.04 Å². The van der Waals surface area contributed by atoms with Crippen molar-refractivity contribution in [2.75, 3.05) is 56.2 Å². The molecule has 1 atom stereocenters. The molecule has 2 aromatic heterocycles. The van der Waals surface area contributed by atoms with Crippen LogP contribution in [0.5, 0.6) is 0 Å². The lowest BCUT2D eigenvalue weighted by Crippen LogP contribution is -2.46. The Balaban J connectivity index is 1.41. The second-order valence-corrected chi connectivity index (χ2v) is 8.84. The van der Waals surface area contributed by atoms with Crippen molar-refractivity contribution in [2.45, 2.75) is 32.4 Å². The van der Waals surface area contributed by atoms with Crippen LogP contribution >= 0.6 is 11.3 Å². The Hall–Kier alpha value is -1.70. The minimum absolute atomic E-state index is 0.458. The Bertz CT molecular complexity index is 745. The highest BCUT2D eigenvalue weighted by atomic mass is 32.1. The highest BCUT2D eigenvalue weighted by Crippen LogP contribution is 2.24. The zero-order valence-corrected chi connectivity index (χ0v) is 17.1. The third-order valence-corrected chi connectivity index (χ3v) is 6.47. The van der Waals surface area contributed by atoms with Crippen LogP contribution in [0.1, 0.15) is 22.6 Å². The lowest BCUT2D eigenvalue weighted by molar-refractivity contribution is 0.122. The van der Waals surface area contributed by atoms with Gasteiger partial charge in [0, 0.05) is 55.2 Å². The molecule has 0 aliphatic carbocycles. The molecule has 146 valence electrons. The predicted molar refractivity (Wildman–Crippen MR) is 111 cm³/mol. The molecular weight excluding hydrogens is 358 g/mol. The summed E-state index contributed by atoms with van der Waals surface area (Å²) in [6.07, 6.45) is 4.31. The Morgan fingerprint density at radius 1 is 1.22 bits per heavy atom. The zero-order chi connectivity index (χ0) is 18.6. The van der Waals surface area contributed by atoms with Crippen LogP contribution in [-0.2, 0) is 11.3 Å². The SMILES string of the molecule is Cc1ccc(CN2CCCC(N(C)c3nccc(N4CCOCC4)n3)C2)s1. The van der Waals surface area contributed by atoms with E-state index < -0.39 is 0 Å². The summed E-state index contributed by atoms with van der Waals surface area (Å²) in [5, 5.41) is 0. The van der Waals surface area contributed by atoms with E-state index in [1.165, 1.54) is 29.1 Å². The number of aromatic nitrogens is 2. The highest BCUT2D eigenvalue weighted by Gasteiger charge is 2.25. The first-order valence-corrected chi connectivity index (χ1v) is 10.7. The second-order valence-electron chi connectivity index (χ2n) is 7.47. The molecule has 4 rings (SSSR count). The first kappa shape index (κ1) is 18.7. The van der Waals surface area contributed by atoms with Crippen molar-refractivity contribution in [1.29, 1.82) is 0 Å². The lowest BCUT2D eigenvalue weighted by Gasteiger charge is -2.37. The Labute approximate surface area is 165 Å². The van der Waals surface area contributed by atoms with Gasteiger partial charge >= 0.3 is 0 Å². The highest BCUT2D eigenvalue weighted by molar-refractivity contribution is 7.11. The molecule has 0 bridgehead atoms. The van der Waals surface area contributed by atoms with E-state index in [2.05, 4.69) is 45.8 Å². The molecule has 2 aliphatic rings. The number of likely N-dealkylation sites (N-methyl/N-ethyl adjacent to an activating group) is 1. The van der Waals surface area contributed by atoms with Crippen molar-refractivity contribution >= 4 is 23.1 Å². The topological polar surface area (TPSA) is 44.7 Å². The van der Waals surface area contributed by atoms with Gasteiger partial charge in [0.2, 0.25) is 5.95 Å². The van der Waals surface area contributed by atoms with Crippen molar-refractivity contribution in [3.63, 3.8) is 0 Å². The maximum Gasteiger partial charge on any atom is 0.227 e. The third kappa shape index (κ3) is 4.59. The summed E-state index contributed by atoms with van der Waals surface area (Å²) in [6, 6.07) is 6.95. The average molecular weight is 388 g/mol. The quantitative estimate of drug-likeness (QED) is 0.786. The number of hydrogen-bond donors (Lipinski definition) is 0. The molecule has 27 heavy (non-hydrogen) atoms. The van der Waals surface area contributed by atoms with Gasteiger partial charge in [-0.05, 0) is 44.5 Å².